The van der Waals surface area contributed by atoms with Crippen LogP contribution in [0, 0.1) is 5.92 Å². The van der Waals surface area contributed by atoms with E-state index in [1.165, 1.54) is 6.42 Å². The highest BCUT2D eigenvalue weighted by atomic mass is 16.4. The molecule has 3 N–H and O–H groups in total. The fourth-order valence-electron chi connectivity index (χ4n) is 2.42. The predicted molar refractivity (Wildman–Crippen MR) is 72.6 cm³/mol. The fraction of sp³-hybridized carbons (Fsp3) is 0.846. The first-order chi connectivity index (χ1) is 8.95. The lowest BCUT2D eigenvalue weighted by molar-refractivity contribution is -0.141. The normalized spacial score (nSPS) is 25.6. The molecule has 0 aromatic heterocycles. The van der Waals surface area contributed by atoms with Crippen molar-refractivity contribution >= 4 is 12.0 Å². The zero-order valence-corrected chi connectivity index (χ0v) is 12.0. The molecule has 110 valence electrons. The van der Waals surface area contributed by atoms with Gasteiger partial charge in [-0.1, -0.05) is 13.3 Å². The van der Waals surface area contributed by atoms with Gasteiger partial charge >= 0.3 is 12.0 Å². The number of aliphatic carboxylic acids is 1. The fourth-order valence-corrected chi connectivity index (χ4v) is 2.42. The molecule has 0 spiro atoms. The van der Waals surface area contributed by atoms with Gasteiger partial charge in [0.1, 0.15) is 0 Å². The summed E-state index contributed by atoms with van der Waals surface area (Å²) in [5.74, 6) is -1.40. The second-order valence-corrected chi connectivity index (χ2v) is 5.30. The standard InChI is InChI=1S/C13H25N3O3/c1-4-11(12(17)18)8-14-13(19)15-16-9(2)6-5-7-10(16)3/h9-11H,4-8H2,1-3H3,(H,17,18)(H2,14,15,19). The summed E-state index contributed by atoms with van der Waals surface area (Å²) in [6.45, 7) is 6.13. The lowest BCUT2D eigenvalue weighted by Gasteiger charge is -2.38. The third kappa shape index (κ3) is 4.70. The summed E-state index contributed by atoms with van der Waals surface area (Å²) in [6, 6.07) is 0.312. The minimum Gasteiger partial charge on any atom is -0.481 e. The summed E-state index contributed by atoms with van der Waals surface area (Å²) >= 11 is 0. The van der Waals surface area contributed by atoms with E-state index in [9.17, 15) is 9.59 Å². The number of nitrogens with zero attached hydrogens (tertiary/aromatic N) is 1. The van der Waals surface area contributed by atoms with E-state index in [1.54, 1.807) is 6.92 Å². The van der Waals surface area contributed by atoms with Crippen molar-refractivity contribution in [2.24, 2.45) is 5.92 Å². The van der Waals surface area contributed by atoms with Crippen LogP contribution < -0.4 is 10.7 Å². The van der Waals surface area contributed by atoms with Gasteiger partial charge in [-0.05, 0) is 33.1 Å². The molecular weight excluding hydrogens is 246 g/mol. The predicted octanol–water partition coefficient (Wildman–Crippen LogP) is 1.57. The summed E-state index contributed by atoms with van der Waals surface area (Å²) in [7, 11) is 0. The molecule has 0 radical (unpaired) electrons. The number of carboxylic acid groups (broad SMARTS) is 1. The first kappa shape index (κ1) is 15.8. The Morgan fingerprint density at radius 2 is 1.89 bits per heavy atom. The Hall–Kier alpha value is -1.30. The highest BCUT2D eigenvalue weighted by molar-refractivity contribution is 5.75. The number of rotatable bonds is 5. The van der Waals surface area contributed by atoms with Crippen molar-refractivity contribution in [3.05, 3.63) is 0 Å². The molecule has 0 bridgehead atoms. The Morgan fingerprint density at radius 3 is 2.37 bits per heavy atom. The third-order valence-corrected chi connectivity index (χ3v) is 3.78. The number of urea groups is 1. The van der Waals surface area contributed by atoms with Crippen LogP contribution in [0.4, 0.5) is 4.79 Å². The van der Waals surface area contributed by atoms with E-state index in [1.807, 2.05) is 5.01 Å². The third-order valence-electron chi connectivity index (χ3n) is 3.78. The van der Waals surface area contributed by atoms with E-state index in [0.29, 0.717) is 18.5 Å². The van der Waals surface area contributed by atoms with Gasteiger partial charge < -0.3 is 10.4 Å². The van der Waals surface area contributed by atoms with Crippen molar-refractivity contribution in [1.29, 1.82) is 0 Å². The largest absolute Gasteiger partial charge is 0.481 e. The molecule has 6 nitrogen and oxygen atoms in total. The van der Waals surface area contributed by atoms with Crippen LogP contribution >= 0.6 is 0 Å². The highest BCUT2D eigenvalue weighted by Gasteiger charge is 2.26. The average molecular weight is 271 g/mol. The number of carbonyl (C=O) groups excluding carboxylic acids is 1. The number of carboxylic acids is 1. The van der Waals surface area contributed by atoms with Crippen molar-refractivity contribution < 1.29 is 14.7 Å². The summed E-state index contributed by atoms with van der Waals surface area (Å²) in [4.78, 5) is 22.6. The quantitative estimate of drug-likeness (QED) is 0.709. The Morgan fingerprint density at radius 1 is 1.32 bits per heavy atom. The molecule has 1 saturated heterocycles. The van der Waals surface area contributed by atoms with Crippen molar-refractivity contribution in [2.45, 2.75) is 58.5 Å². The molecule has 1 aliphatic rings. The van der Waals surface area contributed by atoms with Gasteiger partial charge in [0.05, 0.1) is 5.92 Å². The number of hydrogen-bond acceptors (Lipinski definition) is 3. The van der Waals surface area contributed by atoms with E-state index in [4.69, 9.17) is 5.11 Å². The van der Waals surface area contributed by atoms with Crippen molar-refractivity contribution in [3.8, 4) is 0 Å². The zero-order valence-electron chi connectivity index (χ0n) is 12.0. The molecule has 19 heavy (non-hydrogen) atoms. The molecule has 0 aromatic rings. The lowest BCUT2D eigenvalue weighted by atomic mass is 10.00. The second kappa shape index (κ2) is 7.33. The van der Waals surface area contributed by atoms with Crippen molar-refractivity contribution in [2.75, 3.05) is 6.54 Å². The summed E-state index contributed by atoms with van der Waals surface area (Å²) in [5, 5.41) is 13.5. The van der Waals surface area contributed by atoms with E-state index in [2.05, 4.69) is 24.6 Å². The maximum atomic E-state index is 11.8. The first-order valence-corrected chi connectivity index (χ1v) is 7.01. The lowest BCUT2D eigenvalue weighted by Crippen LogP contribution is -2.57. The number of amides is 2. The number of hydrazine groups is 1. The van der Waals surface area contributed by atoms with Crippen LogP contribution in [0.15, 0.2) is 0 Å². The van der Waals surface area contributed by atoms with E-state index in [-0.39, 0.29) is 12.6 Å². The van der Waals surface area contributed by atoms with Crippen LogP contribution in [0.3, 0.4) is 0 Å². The van der Waals surface area contributed by atoms with Crippen LogP contribution in [0.5, 0.6) is 0 Å². The number of hydrogen-bond donors (Lipinski definition) is 3. The topological polar surface area (TPSA) is 81.7 Å². The molecule has 1 heterocycles. The van der Waals surface area contributed by atoms with Crippen LogP contribution in [0.1, 0.15) is 46.5 Å². The number of carbonyl (C=O) groups is 2. The van der Waals surface area contributed by atoms with E-state index in [0.717, 1.165) is 12.8 Å². The van der Waals surface area contributed by atoms with Crippen LogP contribution in [-0.2, 0) is 4.79 Å². The van der Waals surface area contributed by atoms with Gasteiger partial charge in [-0.2, -0.15) is 0 Å². The molecule has 0 saturated carbocycles. The summed E-state index contributed by atoms with van der Waals surface area (Å²) in [5.41, 5.74) is 2.83. The SMILES string of the molecule is CCC(CNC(=O)NN1C(C)CCCC1C)C(=O)O. The van der Waals surface area contributed by atoms with Crippen LogP contribution in [0.25, 0.3) is 0 Å². The number of piperidine rings is 1. The zero-order chi connectivity index (χ0) is 14.4. The van der Waals surface area contributed by atoms with Crippen LogP contribution in [-0.4, -0.2) is 40.7 Å². The summed E-state index contributed by atoms with van der Waals surface area (Å²) < 4.78 is 0. The molecule has 3 unspecified atom stereocenters. The molecule has 3 atom stereocenters. The molecule has 0 aliphatic carbocycles. The maximum absolute atomic E-state index is 11.8. The molecule has 1 rings (SSSR count). The molecule has 1 aliphatic heterocycles. The van der Waals surface area contributed by atoms with Gasteiger partial charge in [0.25, 0.3) is 0 Å². The van der Waals surface area contributed by atoms with E-state index >= 15 is 0 Å². The Balaban J connectivity index is 2.39. The van der Waals surface area contributed by atoms with Gasteiger partial charge in [-0.3, -0.25) is 10.2 Å². The molecule has 1 fully saturated rings. The Kier molecular flexibility index (Phi) is 6.08. The van der Waals surface area contributed by atoms with Gasteiger partial charge in [0, 0.05) is 18.6 Å². The summed E-state index contributed by atoms with van der Waals surface area (Å²) in [6.07, 6.45) is 3.82. The molecule has 6 heteroatoms. The van der Waals surface area contributed by atoms with Crippen molar-refractivity contribution in [3.63, 3.8) is 0 Å². The molecular formula is C13H25N3O3. The Labute approximate surface area is 114 Å². The average Bonchev–Trinajstić information content (AvgIpc) is 2.34. The van der Waals surface area contributed by atoms with Gasteiger partial charge in [-0.25, -0.2) is 9.80 Å². The number of nitrogens with one attached hydrogen (secondary N) is 2. The van der Waals surface area contributed by atoms with Gasteiger partial charge in [0.15, 0.2) is 0 Å². The second-order valence-electron chi connectivity index (χ2n) is 5.30. The van der Waals surface area contributed by atoms with Crippen molar-refractivity contribution in [1.82, 2.24) is 15.8 Å². The van der Waals surface area contributed by atoms with E-state index < -0.39 is 11.9 Å². The minimum absolute atomic E-state index is 0.161. The van der Waals surface area contributed by atoms with Crippen LogP contribution in [0.2, 0.25) is 0 Å². The monoisotopic (exact) mass is 271 g/mol. The van der Waals surface area contributed by atoms with Gasteiger partial charge in [-0.15, -0.1) is 0 Å². The molecule has 2 amide bonds. The molecule has 0 aromatic carbocycles. The smallest absolute Gasteiger partial charge is 0.329 e. The highest BCUT2D eigenvalue weighted by Crippen LogP contribution is 2.19. The van der Waals surface area contributed by atoms with Gasteiger partial charge in [0.2, 0.25) is 0 Å². The first-order valence-electron chi connectivity index (χ1n) is 7.01. The minimum atomic E-state index is -0.873. The maximum Gasteiger partial charge on any atom is 0.329 e. The Bertz CT molecular complexity index is 312.